The summed E-state index contributed by atoms with van der Waals surface area (Å²) in [5.74, 6) is 0. The summed E-state index contributed by atoms with van der Waals surface area (Å²) >= 11 is -0.572. The van der Waals surface area contributed by atoms with Crippen LogP contribution in [0.1, 0.15) is 0 Å². The van der Waals surface area contributed by atoms with E-state index in [2.05, 4.69) is 4.99 Å². The minimum Gasteiger partial charge on any atom is -0.302 e. The van der Waals surface area contributed by atoms with E-state index < -0.39 is 52.5 Å². The molecule has 0 aliphatic heterocycles. The summed E-state index contributed by atoms with van der Waals surface area (Å²) in [4.78, 5) is 2.11. The predicted octanol–water partition coefficient (Wildman–Crippen LogP) is 4.19. The fourth-order valence-corrected chi connectivity index (χ4v) is 2.78. The molecule has 0 spiro atoms. The van der Waals surface area contributed by atoms with Gasteiger partial charge in [-0.05, 0) is 0 Å². The summed E-state index contributed by atoms with van der Waals surface area (Å²) in [6.45, 7) is -3.63. The highest BCUT2D eigenvalue weighted by atomic mass is 32.2. The first-order valence-electron chi connectivity index (χ1n) is 4.85. The summed E-state index contributed by atoms with van der Waals surface area (Å²) in [7, 11) is 0. The van der Waals surface area contributed by atoms with Gasteiger partial charge in [-0.15, -0.1) is 11.3 Å². The Balaban J connectivity index is 3.20. The Morgan fingerprint density at radius 2 is 1.57 bits per heavy atom. The minimum absolute atomic E-state index is 0.0641. The normalized spacial score (nSPS) is 14.8. The maximum atomic E-state index is 12.3. The fraction of sp³-hybridized carbons (Fsp3) is 0.625. The van der Waals surface area contributed by atoms with Crippen LogP contribution in [0, 0.1) is 0 Å². The second-order valence-corrected chi connectivity index (χ2v) is 5.46. The molecule has 21 heavy (non-hydrogen) atoms. The lowest BCUT2D eigenvalue weighted by Crippen LogP contribution is -2.27. The molecule has 0 atom stereocenters. The van der Waals surface area contributed by atoms with Gasteiger partial charge in [-0.3, -0.25) is 0 Å². The maximum Gasteiger partial charge on any atom is 0.447 e. The van der Waals surface area contributed by atoms with Gasteiger partial charge in [-0.2, -0.15) is 39.5 Å². The second-order valence-electron chi connectivity index (χ2n) is 3.54. The lowest BCUT2D eigenvalue weighted by molar-refractivity contribution is -0.142. The van der Waals surface area contributed by atoms with Crippen LogP contribution in [-0.4, -0.2) is 29.0 Å². The third kappa shape index (κ3) is 7.11. The standard InChI is InChI=1S/C8H5F9N2S2/c9-6(10,11)2-18-5-19(3-7(12,13)14)4(1-20-5)21-8(15,16)17/h1H,2-3H2. The number of thiazole rings is 1. The van der Waals surface area contributed by atoms with Gasteiger partial charge in [0.1, 0.15) is 13.1 Å². The van der Waals surface area contributed by atoms with Crippen molar-refractivity contribution in [2.75, 3.05) is 6.54 Å². The average molecular weight is 364 g/mol. The molecule has 13 heteroatoms. The topological polar surface area (TPSA) is 17.3 Å². The number of aromatic nitrogens is 1. The smallest absolute Gasteiger partial charge is 0.302 e. The molecule has 122 valence electrons. The molecular formula is C8H5F9N2S2. The molecule has 2 nitrogen and oxygen atoms in total. The summed E-state index contributed by atoms with van der Waals surface area (Å²) in [5, 5.41) is -0.190. The molecule has 0 amide bonds. The van der Waals surface area contributed by atoms with Crippen LogP contribution in [0.3, 0.4) is 0 Å². The highest BCUT2D eigenvalue weighted by Crippen LogP contribution is 2.37. The number of hydrogen-bond acceptors (Lipinski definition) is 3. The third-order valence-corrected chi connectivity index (χ3v) is 3.54. The van der Waals surface area contributed by atoms with Crippen LogP contribution in [0.4, 0.5) is 39.5 Å². The van der Waals surface area contributed by atoms with Crippen molar-refractivity contribution >= 4 is 23.1 Å². The van der Waals surface area contributed by atoms with Crippen LogP contribution in [0.5, 0.6) is 0 Å². The van der Waals surface area contributed by atoms with Crippen LogP contribution in [0.15, 0.2) is 15.4 Å². The SMILES string of the molecule is FC(F)(F)CN=c1scc(SC(F)(F)F)n1CC(F)(F)F. The molecule has 1 aromatic rings. The van der Waals surface area contributed by atoms with Crippen LogP contribution < -0.4 is 4.80 Å². The molecule has 0 aliphatic rings. The third-order valence-electron chi connectivity index (χ3n) is 1.71. The maximum absolute atomic E-state index is 12.3. The van der Waals surface area contributed by atoms with E-state index in [1.807, 2.05) is 0 Å². The summed E-state index contributed by atoms with van der Waals surface area (Å²) in [6.07, 6.45) is -9.66. The number of rotatable bonds is 3. The molecule has 0 aliphatic carbocycles. The quantitative estimate of drug-likeness (QED) is 0.581. The number of hydrogen-bond donors (Lipinski definition) is 0. The highest BCUT2D eigenvalue weighted by Gasteiger charge is 2.35. The molecule has 0 unspecified atom stereocenters. The van der Waals surface area contributed by atoms with E-state index >= 15 is 0 Å². The number of alkyl halides is 9. The zero-order valence-corrected chi connectivity index (χ0v) is 11.2. The number of thioether (sulfide) groups is 1. The Bertz CT molecular complexity index is 534. The van der Waals surface area contributed by atoms with Gasteiger partial charge in [0, 0.05) is 17.1 Å². The van der Waals surface area contributed by atoms with Gasteiger partial charge in [-0.25, -0.2) is 4.99 Å². The molecule has 0 bridgehead atoms. The average Bonchev–Trinajstić information content (AvgIpc) is 2.52. The van der Waals surface area contributed by atoms with Gasteiger partial charge in [0.2, 0.25) is 0 Å². The van der Waals surface area contributed by atoms with Crippen molar-refractivity contribution in [3.05, 3.63) is 10.2 Å². The van der Waals surface area contributed by atoms with Crippen LogP contribution in [0.25, 0.3) is 0 Å². The van der Waals surface area contributed by atoms with Gasteiger partial charge in [-0.1, -0.05) is 0 Å². The molecule has 0 radical (unpaired) electrons. The second kappa shape index (κ2) is 6.10. The molecule has 0 fully saturated rings. The highest BCUT2D eigenvalue weighted by molar-refractivity contribution is 8.00. The largest absolute Gasteiger partial charge is 0.447 e. The lowest BCUT2D eigenvalue weighted by atomic mass is 10.6. The number of halogens is 9. The van der Waals surface area contributed by atoms with Crippen molar-refractivity contribution in [2.45, 2.75) is 29.4 Å². The van der Waals surface area contributed by atoms with E-state index in [0.717, 1.165) is 0 Å². The Labute approximate surface area is 119 Å². The molecule has 0 saturated carbocycles. The number of nitrogens with zero attached hydrogens (tertiary/aromatic N) is 2. The van der Waals surface area contributed by atoms with Crippen molar-refractivity contribution in [2.24, 2.45) is 4.99 Å². The Morgan fingerprint density at radius 1 is 1.00 bits per heavy atom. The Kier molecular flexibility index (Phi) is 5.29. The van der Waals surface area contributed by atoms with Crippen molar-refractivity contribution < 1.29 is 39.5 Å². The van der Waals surface area contributed by atoms with E-state index in [4.69, 9.17) is 0 Å². The lowest BCUT2D eigenvalue weighted by Gasteiger charge is -2.12. The van der Waals surface area contributed by atoms with E-state index in [9.17, 15) is 39.5 Å². The Hall–Kier alpha value is -0.850. The van der Waals surface area contributed by atoms with Gasteiger partial charge in [0.15, 0.2) is 4.80 Å². The first-order valence-corrected chi connectivity index (χ1v) is 6.54. The van der Waals surface area contributed by atoms with E-state index in [0.29, 0.717) is 5.38 Å². The molecule has 1 aromatic heterocycles. The van der Waals surface area contributed by atoms with E-state index in [1.165, 1.54) is 0 Å². The zero-order valence-electron chi connectivity index (χ0n) is 9.60. The monoisotopic (exact) mass is 364 g/mol. The van der Waals surface area contributed by atoms with Crippen molar-refractivity contribution in [1.82, 2.24) is 4.57 Å². The molecule has 0 aromatic carbocycles. The van der Waals surface area contributed by atoms with Crippen LogP contribution in [0.2, 0.25) is 0 Å². The van der Waals surface area contributed by atoms with Crippen molar-refractivity contribution in [3.63, 3.8) is 0 Å². The predicted molar refractivity (Wildman–Crippen MR) is 56.8 cm³/mol. The molecular weight excluding hydrogens is 359 g/mol. The molecule has 0 N–H and O–H groups in total. The van der Waals surface area contributed by atoms with Crippen molar-refractivity contribution in [3.8, 4) is 0 Å². The first-order chi connectivity index (χ1) is 9.27. The zero-order chi connectivity index (χ0) is 16.5. The summed E-state index contributed by atoms with van der Waals surface area (Å²) < 4.78 is 110. The fourth-order valence-electron chi connectivity index (χ4n) is 1.13. The summed E-state index contributed by atoms with van der Waals surface area (Å²) in [6, 6.07) is 0. The molecule has 0 saturated heterocycles. The molecule has 1 heterocycles. The van der Waals surface area contributed by atoms with Crippen molar-refractivity contribution in [1.29, 1.82) is 0 Å². The van der Waals surface area contributed by atoms with E-state index in [1.54, 1.807) is 0 Å². The van der Waals surface area contributed by atoms with Gasteiger partial charge in [0.05, 0.1) is 5.03 Å². The molecule has 1 rings (SSSR count). The van der Waals surface area contributed by atoms with Crippen LogP contribution >= 0.6 is 23.1 Å². The van der Waals surface area contributed by atoms with Gasteiger partial charge < -0.3 is 4.57 Å². The minimum atomic E-state index is -4.89. The van der Waals surface area contributed by atoms with Gasteiger partial charge in [0.25, 0.3) is 0 Å². The first kappa shape index (κ1) is 18.2. The van der Waals surface area contributed by atoms with Crippen LogP contribution in [-0.2, 0) is 6.54 Å². The Morgan fingerprint density at radius 3 is 2.00 bits per heavy atom. The summed E-state index contributed by atoms with van der Waals surface area (Å²) in [5.41, 5.74) is -4.87. The van der Waals surface area contributed by atoms with Gasteiger partial charge >= 0.3 is 17.9 Å². The van der Waals surface area contributed by atoms with E-state index in [-0.39, 0.29) is 15.9 Å².